The Hall–Kier alpha value is -1.55. The molecule has 0 saturated carbocycles. The van der Waals surface area contributed by atoms with Gasteiger partial charge >= 0.3 is 0 Å². The maximum atomic E-state index is 12.5. The Morgan fingerprint density at radius 1 is 1.41 bits per heavy atom. The first-order valence-electron chi connectivity index (χ1n) is 8.16. The molecule has 4 heteroatoms. The zero-order chi connectivity index (χ0) is 15.9. The summed E-state index contributed by atoms with van der Waals surface area (Å²) in [5.41, 5.74) is 2.30. The summed E-state index contributed by atoms with van der Waals surface area (Å²) in [6, 6.07) is 3.84. The van der Waals surface area contributed by atoms with E-state index in [0.717, 1.165) is 31.5 Å². The fourth-order valence-corrected chi connectivity index (χ4v) is 3.91. The van der Waals surface area contributed by atoms with Crippen LogP contribution in [0.5, 0.6) is 11.5 Å². The quantitative estimate of drug-likeness (QED) is 0.933. The van der Waals surface area contributed by atoms with Crippen LogP contribution in [0, 0.1) is 11.8 Å². The summed E-state index contributed by atoms with van der Waals surface area (Å²) in [6.07, 6.45) is 2.49. The molecule has 1 aromatic rings. The van der Waals surface area contributed by atoms with Crippen molar-refractivity contribution in [3.05, 3.63) is 23.3 Å². The standard InChI is InChI=1S/C18H25NO3/c1-11(2)6-13-10-19-5-4-12-7-18(22-3)17(21)8-14(12)15(19)9-16(13)20/h7-8,11,13,15,21H,4-6,9-10H2,1-3H3/t13?,15-/m0/s1. The SMILES string of the molecule is COc1cc2c(cc1O)[C@@H]1CC(=O)C(CC(C)C)CN1CC2. The van der Waals surface area contributed by atoms with Crippen LogP contribution in [0.3, 0.4) is 0 Å². The summed E-state index contributed by atoms with van der Waals surface area (Å²) in [7, 11) is 1.57. The average molecular weight is 303 g/mol. The minimum Gasteiger partial charge on any atom is -0.504 e. The third-order valence-corrected chi connectivity index (χ3v) is 4.97. The van der Waals surface area contributed by atoms with Gasteiger partial charge in [-0.05, 0) is 42.0 Å². The number of hydrogen-bond donors (Lipinski definition) is 1. The molecule has 4 nitrogen and oxygen atoms in total. The van der Waals surface area contributed by atoms with Gasteiger partial charge in [0, 0.05) is 31.5 Å². The molecule has 3 rings (SSSR count). The lowest BCUT2D eigenvalue weighted by molar-refractivity contribution is -0.129. The van der Waals surface area contributed by atoms with Gasteiger partial charge in [0.2, 0.25) is 0 Å². The molecule has 0 amide bonds. The highest BCUT2D eigenvalue weighted by Crippen LogP contribution is 2.42. The zero-order valence-electron chi connectivity index (χ0n) is 13.6. The van der Waals surface area contributed by atoms with E-state index in [0.29, 0.717) is 23.9 Å². The maximum Gasteiger partial charge on any atom is 0.160 e. The van der Waals surface area contributed by atoms with Crippen LogP contribution in [0.25, 0.3) is 0 Å². The summed E-state index contributed by atoms with van der Waals surface area (Å²) in [5.74, 6) is 1.78. The molecule has 1 unspecified atom stereocenters. The van der Waals surface area contributed by atoms with Gasteiger partial charge in [-0.25, -0.2) is 0 Å². The summed E-state index contributed by atoms with van der Waals surface area (Å²) < 4.78 is 5.20. The monoisotopic (exact) mass is 303 g/mol. The molecule has 2 aliphatic heterocycles. The van der Waals surface area contributed by atoms with Crippen molar-refractivity contribution in [3.63, 3.8) is 0 Å². The minimum absolute atomic E-state index is 0.122. The highest BCUT2D eigenvalue weighted by Gasteiger charge is 2.38. The van der Waals surface area contributed by atoms with E-state index in [2.05, 4.69) is 18.7 Å². The Kier molecular flexibility index (Phi) is 4.13. The number of aromatic hydroxyl groups is 1. The molecule has 0 radical (unpaired) electrons. The van der Waals surface area contributed by atoms with Crippen molar-refractivity contribution < 1.29 is 14.6 Å². The van der Waals surface area contributed by atoms with E-state index in [-0.39, 0.29) is 17.7 Å². The van der Waals surface area contributed by atoms with Crippen LogP contribution in [0.1, 0.15) is 43.9 Å². The predicted octanol–water partition coefficient (Wildman–Crippen LogP) is 2.94. The first-order chi connectivity index (χ1) is 10.5. The van der Waals surface area contributed by atoms with Gasteiger partial charge < -0.3 is 9.84 Å². The number of ketones is 1. The Labute approximate surface area is 132 Å². The van der Waals surface area contributed by atoms with Crippen LogP contribution >= 0.6 is 0 Å². The van der Waals surface area contributed by atoms with Gasteiger partial charge in [0.25, 0.3) is 0 Å². The summed E-state index contributed by atoms with van der Waals surface area (Å²) in [5, 5.41) is 10.1. The highest BCUT2D eigenvalue weighted by molar-refractivity contribution is 5.83. The van der Waals surface area contributed by atoms with Crippen LogP contribution in [-0.4, -0.2) is 36.0 Å². The van der Waals surface area contributed by atoms with E-state index < -0.39 is 0 Å². The summed E-state index contributed by atoms with van der Waals surface area (Å²) in [6.45, 7) is 6.19. The van der Waals surface area contributed by atoms with E-state index in [1.807, 2.05) is 6.07 Å². The number of hydrogen-bond acceptors (Lipinski definition) is 4. The number of phenols is 1. The lowest BCUT2D eigenvalue weighted by atomic mass is 9.80. The molecule has 0 spiro atoms. The van der Waals surface area contributed by atoms with Crippen LogP contribution in [-0.2, 0) is 11.2 Å². The van der Waals surface area contributed by atoms with Gasteiger partial charge in [0.05, 0.1) is 7.11 Å². The van der Waals surface area contributed by atoms with E-state index in [9.17, 15) is 9.90 Å². The molecule has 1 fully saturated rings. The average Bonchev–Trinajstić information content (AvgIpc) is 2.47. The largest absolute Gasteiger partial charge is 0.504 e. The van der Waals surface area contributed by atoms with E-state index >= 15 is 0 Å². The number of methoxy groups -OCH3 is 1. The van der Waals surface area contributed by atoms with Gasteiger partial charge in [-0.15, -0.1) is 0 Å². The molecule has 2 heterocycles. The Morgan fingerprint density at radius 2 is 2.18 bits per heavy atom. The summed E-state index contributed by atoms with van der Waals surface area (Å²) >= 11 is 0. The Bertz CT molecular complexity index is 582. The molecule has 0 bridgehead atoms. The van der Waals surface area contributed by atoms with Crippen LogP contribution in [0.2, 0.25) is 0 Å². The number of nitrogens with zero attached hydrogens (tertiary/aromatic N) is 1. The predicted molar refractivity (Wildman–Crippen MR) is 85.2 cm³/mol. The number of carbonyl (C=O) groups excluding carboxylic acids is 1. The third kappa shape index (κ3) is 2.72. The van der Waals surface area contributed by atoms with Crippen LogP contribution < -0.4 is 4.74 Å². The van der Waals surface area contributed by atoms with Crippen LogP contribution in [0.4, 0.5) is 0 Å². The third-order valence-electron chi connectivity index (χ3n) is 4.97. The highest BCUT2D eigenvalue weighted by atomic mass is 16.5. The number of phenolic OH excluding ortho intramolecular Hbond substituents is 1. The maximum absolute atomic E-state index is 12.5. The molecule has 1 N–H and O–H groups in total. The normalized spacial score (nSPS) is 25.0. The van der Waals surface area contributed by atoms with Crippen molar-refractivity contribution in [1.29, 1.82) is 0 Å². The van der Waals surface area contributed by atoms with Crippen molar-refractivity contribution in [2.45, 2.75) is 39.2 Å². The second kappa shape index (κ2) is 5.92. The van der Waals surface area contributed by atoms with Gasteiger partial charge in [-0.1, -0.05) is 13.8 Å². The number of fused-ring (bicyclic) bond motifs is 3. The second-order valence-electron chi connectivity index (χ2n) is 6.98. The van der Waals surface area contributed by atoms with Crippen molar-refractivity contribution >= 4 is 5.78 Å². The van der Waals surface area contributed by atoms with E-state index in [1.54, 1.807) is 13.2 Å². The molecule has 120 valence electrons. The van der Waals surface area contributed by atoms with Gasteiger partial charge in [0.15, 0.2) is 11.5 Å². The minimum atomic E-state index is 0.122. The number of benzene rings is 1. The lowest BCUT2D eigenvalue weighted by Crippen LogP contribution is -2.46. The first kappa shape index (κ1) is 15.3. The van der Waals surface area contributed by atoms with E-state index in [4.69, 9.17) is 4.74 Å². The lowest BCUT2D eigenvalue weighted by Gasteiger charge is -2.43. The Balaban J connectivity index is 1.87. The molecule has 1 aromatic carbocycles. The number of ether oxygens (including phenoxy) is 1. The van der Waals surface area contributed by atoms with Gasteiger partial charge in [0.1, 0.15) is 5.78 Å². The molecule has 1 saturated heterocycles. The van der Waals surface area contributed by atoms with Crippen molar-refractivity contribution in [3.8, 4) is 11.5 Å². The number of piperidine rings is 1. The van der Waals surface area contributed by atoms with Crippen LogP contribution in [0.15, 0.2) is 12.1 Å². The van der Waals surface area contributed by atoms with Crippen molar-refractivity contribution in [2.75, 3.05) is 20.2 Å². The number of Topliss-reactive ketones (excluding diaryl/α,β-unsaturated/α-hetero) is 1. The molecular formula is C18H25NO3. The first-order valence-corrected chi connectivity index (χ1v) is 8.16. The summed E-state index contributed by atoms with van der Waals surface area (Å²) in [4.78, 5) is 14.9. The smallest absolute Gasteiger partial charge is 0.160 e. The zero-order valence-corrected chi connectivity index (χ0v) is 13.6. The number of rotatable bonds is 3. The Morgan fingerprint density at radius 3 is 2.86 bits per heavy atom. The van der Waals surface area contributed by atoms with Crippen molar-refractivity contribution in [1.82, 2.24) is 4.90 Å². The molecular weight excluding hydrogens is 278 g/mol. The second-order valence-corrected chi connectivity index (χ2v) is 6.98. The topological polar surface area (TPSA) is 49.8 Å². The fourth-order valence-electron chi connectivity index (χ4n) is 3.91. The molecule has 0 aromatic heterocycles. The van der Waals surface area contributed by atoms with Gasteiger partial charge in [-0.2, -0.15) is 0 Å². The van der Waals surface area contributed by atoms with E-state index in [1.165, 1.54) is 5.56 Å². The fraction of sp³-hybridized carbons (Fsp3) is 0.611. The number of carbonyl (C=O) groups is 1. The van der Waals surface area contributed by atoms with Gasteiger partial charge in [-0.3, -0.25) is 9.69 Å². The molecule has 22 heavy (non-hydrogen) atoms. The molecule has 2 aliphatic rings. The molecule has 2 atom stereocenters. The molecule has 0 aliphatic carbocycles. The van der Waals surface area contributed by atoms with Crippen molar-refractivity contribution in [2.24, 2.45) is 11.8 Å².